The Morgan fingerprint density at radius 3 is 2.94 bits per heavy atom. The van der Waals surface area contributed by atoms with E-state index in [1.165, 1.54) is 17.2 Å². The lowest BCUT2D eigenvalue weighted by molar-refractivity contribution is 0.719. The van der Waals surface area contributed by atoms with Gasteiger partial charge in [0.05, 0.1) is 15.9 Å². The van der Waals surface area contributed by atoms with Gasteiger partial charge in [-0.15, -0.1) is 0 Å². The van der Waals surface area contributed by atoms with E-state index in [1.807, 2.05) is 11.7 Å². The number of aryl methyl sites for hydroxylation is 2. The second-order valence-corrected chi connectivity index (χ2v) is 5.98. The van der Waals surface area contributed by atoms with Gasteiger partial charge in [0, 0.05) is 12.8 Å². The largest absolute Gasteiger partial charge is 0.270 e. The van der Waals surface area contributed by atoms with Gasteiger partial charge in [-0.2, -0.15) is 9.47 Å². The number of hydrogen-bond donors (Lipinski definition) is 0. The minimum atomic E-state index is 0.860. The molecule has 16 heavy (non-hydrogen) atoms. The lowest BCUT2D eigenvalue weighted by Crippen LogP contribution is -1.96. The van der Waals surface area contributed by atoms with E-state index >= 15 is 0 Å². The van der Waals surface area contributed by atoms with E-state index in [4.69, 9.17) is 0 Å². The molecule has 0 bridgehead atoms. The van der Waals surface area contributed by atoms with Crippen LogP contribution in [0.15, 0.2) is 15.1 Å². The number of rotatable bonds is 4. The Balaban J connectivity index is 2.12. The first-order chi connectivity index (χ1) is 7.72. The molecule has 0 fully saturated rings. The molecule has 0 saturated heterocycles. The molecule has 0 aliphatic heterocycles. The van der Waals surface area contributed by atoms with Crippen LogP contribution in [0.4, 0.5) is 0 Å². The number of halogens is 1. The molecule has 0 amide bonds. The summed E-state index contributed by atoms with van der Waals surface area (Å²) in [5.74, 6) is 0.860. The van der Waals surface area contributed by atoms with Gasteiger partial charge in [-0.05, 0) is 33.9 Å². The van der Waals surface area contributed by atoms with Crippen molar-refractivity contribution in [2.75, 3.05) is 0 Å². The van der Waals surface area contributed by atoms with Crippen LogP contribution in [0.3, 0.4) is 0 Å². The molecular weight excluding hydrogens is 308 g/mol. The zero-order valence-electron chi connectivity index (χ0n) is 8.97. The van der Waals surface area contributed by atoms with E-state index in [0.29, 0.717) is 0 Å². The van der Waals surface area contributed by atoms with Crippen LogP contribution in [0.2, 0.25) is 0 Å². The normalized spacial score (nSPS) is 10.9. The molecule has 0 radical (unpaired) electrons. The fraction of sp³-hybridized carbons (Fsp3) is 0.444. The van der Waals surface area contributed by atoms with Crippen molar-refractivity contribution in [1.82, 2.24) is 19.1 Å². The SMILES string of the molecule is CCc1nn(C)c(CSc2ncns2)c1Br. The summed E-state index contributed by atoms with van der Waals surface area (Å²) in [6.45, 7) is 2.11. The van der Waals surface area contributed by atoms with E-state index in [1.54, 1.807) is 18.1 Å². The van der Waals surface area contributed by atoms with Crippen molar-refractivity contribution in [2.45, 2.75) is 23.4 Å². The third-order valence-corrected chi connectivity index (χ3v) is 4.90. The minimum Gasteiger partial charge on any atom is -0.270 e. The molecule has 2 rings (SSSR count). The van der Waals surface area contributed by atoms with Crippen LogP contribution in [0, 0.1) is 0 Å². The molecule has 86 valence electrons. The highest BCUT2D eigenvalue weighted by Crippen LogP contribution is 2.29. The number of hydrogen-bond acceptors (Lipinski definition) is 5. The van der Waals surface area contributed by atoms with Gasteiger partial charge in [0.1, 0.15) is 6.33 Å². The van der Waals surface area contributed by atoms with Gasteiger partial charge in [0.25, 0.3) is 0 Å². The Morgan fingerprint density at radius 1 is 1.56 bits per heavy atom. The van der Waals surface area contributed by atoms with Gasteiger partial charge >= 0.3 is 0 Å². The predicted octanol–water partition coefficient (Wildman–Crippen LogP) is 2.89. The zero-order chi connectivity index (χ0) is 11.5. The van der Waals surface area contributed by atoms with Gasteiger partial charge in [0.15, 0.2) is 4.34 Å². The van der Waals surface area contributed by atoms with E-state index in [2.05, 4.69) is 37.3 Å². The van der Waals surface area contributed by atoms with Crippen LogP contribution in [0.1, 0.15) is 18.3 Å². The first-order valence-electron chi connectivity index (χ1n) is 4.82. The summed E-state index contributed by atoms with van der Waals surface area (Å²) in [5.41, 5.74) is 2.30. The maximum Gasteiger partial charge on any atom is 0.170 e. The minimum absolute atomic E-state index is 0.860. The van der Waals surface area contributed by atoms with Gasteiger partial charge in [-0.25, -0.2) is 4.98 Å². The van der Waals surface area contributed by atoms with Crippen molar-refractivity contribution in [3.05, 3.63) is 22.2 Å². The molecule has 0 aliphatic rings. The van der Waals surface area contributed by atoms with E-state index in [-0.39, 0.29) is 0 Å². The van der Waals surface area contributed by atoms with Crippen LogP contribution in [-0.4, -0.2) is 19.1 Å². The Hall–Kier alpha value is -0.400. The molecule has 2 heterocycles. The molecule has 0 unspecified atom stereocenters. The van der Waals surface area contributed by atoms with Crippen molar-refractivity contribution >= 4 is 39.2 Å². The van der Waals surface area contributed by atoms with Crippen LogP contribution in [0.25, 0.3) is 0 Å². The smallest absolute Gasteiger partial charge is 0.170 e. The van der Waals surface area contributed by atoms with Crippen molar-refractivity contribution in [2.24, 2.45) is 7.05 Å². The third kappa shape index (κ3) is 2.46. The second kappa shape index (κ2) is 5.29. The van der Waals surface area contributed by atoms with Crippen LogP contribution < -0.4 is 0 Å². The molecule has 0 spiro atoms. The van der Waals surface area contributed by atoms with Crippen molar-refractivity contribution in [3.63, 3.8) is 0 Å². The Kier molecular flexibility index (Phi) is 3.99. The maximum absolute atomic E-state index is 4.45. The molecule has 0 aromatic carbocycles. The summed E-state index contributed by atoms with van der Waals surface area (Å²) in [6, 6.07) is 0. The maximum atomic E-state index is 4.45. The standard InChI is InChI=1S/C9H11BrN4S2/c1-3-6-8(10)7(14(2)13-6)4-15-9-11-5-12-16-9/h5H,3-4H2,1-2H3. The molecule has 2 aromatic heterocycles. The highest BCUT2D eigenvalue weighted by atomic mass is 79.9. The molecule has 0 N–H and O–H groups in total. The van der Waals surface area contributed by atoms with Crippen molar-refractivity contribution < 1.29 is 0 Å². The average molecular weight is 319 g/mol. The van der Waals surface area contributed by atoms with Crippen molar-refractivity contribution in [3.8, 4) is 0 Å². The van der Waals surface area contributed by atoms with Crippen molar-refractivity contribution in [1.29, 1.82) is 0 Å². The summed E-state index contributed by atoms with van der Waals surface area (Å²) < 4.78 is 8.02. The molecular formula is C9H11BrN4S2. The summed E-state index contributed by atoms with van der Waals surface area (Å²) in [5, 5.41) is 4.45. The molecule has 4 nitrogen and oxygen atoms in total. The quantitative estimate of drug-likeness (QED) is 0.813. The zero-order valence-corrected chi connectivity index (χ0v) is 12.2. The van der Waals surface area contributed by atoms with Gasteiger partial charge < -0.3 is 0 Å². The fourth-order valence-electron chi connectivity index (χ4n) is 1.33. The molecule has 0 saturated carbocycles. The number of nitrogens with zero attached hydrogens (tertiary/aromatic N) is 4. The summed E-state index contributed by atoms with van der Waals surface area (Å²) in [7, 11) is 1.97. The average Bonchev–Trinajstić information content (AvgIpc) is 2.86. The van der Waals surface area contributed by atoms with Gasteiger partial charge in [-0.1, -0.05) is 18.7 Å². The molecule has 0 atom stereocenters. The second-order valence-electron chi connectivity index (χ2n) is 3.18. The molecule has 7 heteroatoms. The fourth-order valence-corrected chi connectivity index (χ4v) is 3.78. The van der Waals surface area contributed by atoms with E-state index in [0.717, 1.165) is 26.7 Å². The number of thioether (sulfide) groups is 1. The number of aromatic nitrogens is 4. The van der Waals surface area contributed by atoms with Crippen LogP contribution in [0.5, 0.6) is 0 Å². The topological polar surface area (TPSA) is 43.6 Å². The van der Waals surface area contributed by atoms with Gasteiger partial charge in [-0.3, -0.25) is 4.68 Å². The summed E-state index contributed by atoms with van der Waals surface area (Å²) in [6.07, 6.45) is 2.53. The molecule has 0 aliphatic carbocycles. The van der Waals surface area contributed by atoms with E-state index in [9.17, 15) is 0 Å². The Bertz CT molecular complexity index is 466. The Morgan fingerprint density at radius 2 is 2.38 bits per heavy atom. The predicted molar refractivity (Wildman–Crippen MR) is 69.8 cm³/mol. The van der Waals surface area contributed by atoms with Crippen LogP contribution >= 0.6 is 39.2 Å². The highest BCUT2D eigenvalue weighted by Gasteiger charge is 2.13. The lowest BCUT2D eigenvalue weighted by Gasteiger charge is -2.00. The van der Waals surface area contributed by atoms with Gasteiger partial charge in [0.2, 0.25) is 0 Å². The monoisotopic (exact) mass is 318 g/mol. The highest BCUT2D eigenvalue weighted by molar-refractivity contribution is 9.10. The third-order valence-electron chi connectivity index (χ3n) is 2.18. The first-order valence-corrected chi connectivity index (χ1v) is 7.37. The summed E-state index contributed by atoms with van der Waals surface area (Å²) >= 11 is 6.71. The lowest BCUT2D eigenvalue weighted by atomic mass is 10.3. The Labute approximate surface area is 111 Å². The first kappa shape index (κ1) is 12.1. The van der Waals surface area contributed by atoms with E-state index < -0.39 is 0 Å². The molecule has 2 aromatic rings. The summed E-state index contributed by atoms with van der Waals surface area (Å²) in [4.78, 5) is 4.14. The van der Waals surface area contributed by atoms with Crippen LogP contribution in [-0.2, 0) is 19.2 Å².